The molecule has 0 fully saturated rings. The third-order valence-electron chi connectivity index (χ3n) is 10.2. The van der Waals surface area contributed by atoms with Crippen molar-refractivity contribution in [2.45, 2.75) is 85.6 Å². The number of aryl methyl sites for hydroxylation is 1. The van der Waals surface area contributed by atoms with Gasteiger partial charge < -0.3 is 9.67 Å². The van der Waals surface area contributed by atoms with Crippen molar-refractivity contribution < 1.29 is 14.7 Å². The van der Waals surface area contributed by atoms with E-state index in [0.717, 1.165) is 23.7 Å². The number of carbonyl (C=O) groups excluding carboxylic acids is 1. The van der Waals surface area contributed by atoms with Gasteiger partial charge in [-0.15, -0.1) is 0 Å². The van der Waals surface area contributed by atoms with E-state index >= 15 is 4.79 Å². The number of aromatic nitrogens is 1. The zero-order valence-electron chi connectivity index (χ0n) is 28.9. The highest BCUT2D eigenvalue weighted by Crippen LogP contribution is 2.56. The lowest BCUT2D eigenvalue weighted by Crippen LogP contribution is -2.43. The van der Waals surface area contributed by atoms with Crippen LogP contribution in [0.5, 0.6) is 0 Å². The van der Waals surface area contributed by atoms with Crippen molar-refractivity contribution in [3.63, 3.8) is 0 Å². The number of nitrogens with zero attached hydrogens (tertiary/aromatic N) is 1. The van der Waals surface area contributed by atoms with E-state index in [1.807, 2.05) is 36.5 Å². The first kappa shape index (κ1) is 34.2. The Hall–Kier alpha value is -4.18. The highest BCUT2D eigenvalue weighted by Gasteiger charge is 2.50. The fraction of sp³-hybridized carbons (Fsp3) is 0.395. The predicted octanol–water partition coefficient (Wildman–Crippen LogP) is 10.4. The summed E-state index contributed by atoms with van der Waals surface area (Å²) in [4.78, 5) is 26.3. The average molecular weight is 630 g/mol. The summed E-state index contributed by atoms with van der Waals surface area (Å²) in [5.74, 6) is 0.150. The lowest BCUT2D eigenvalue weighted by molar-refractivity contribution is -0.137. The van der Waals surface area contributed by atoms with Crippen LogP contribution in [0.4, 0.5) is 0 Å². The van der Waals surface area contributed by atoms with Crippen molar-refractivity contribution in [2.24, 2.45) is 23.2 Å². The summed E-state index contributed by atoms with van der Waals surface area (Å²) >= 11 is 0. The van der Waals surface area contributed by atoms with Gasteiger partial charge >= 0.3 is 5.97 Å². The number of carbonyl (C=O) groups is 2. The molecule has 4 nitrogen and oxygen atoms in total. The summed E-state index contributed by atoms with van der Waals surface area (Å²) in [6.45, 7) is 14.1. The number of allylic oxidation sites excluding steroid dienone is 4. The average Bonchev–Trinajstić information content (AvgIpc) is 3.42. The number of fused-ring (bicyclic) bond motifs is 1. The molecule has 1 aliphatic rings. The zero-order valence-corrected chi connectivity index (χ0v) is 28.9. The van der Waals surface area contributed by atoms with E-state index in [0.29, 0.717) is 30.4 Å². The summed E-state index contributed by atoms with van der Waals surface area (Å²) in [6, 6.07) is 26.1. The molecular weight excluding hydrogens is 578 g/mol. The summed E-state index contributed by atoms with van der Waals surface area (Å²) in [7, 11) is 0. The third kappa shape index (κ3) is 7.38. The van der Waals surface area contributed by atoms with E-state index in [4.69, 9.17) is 0 Å². The summed E-state index contributed by atoms with van der Waals surface area (Å²) in [5, 5.41) is 10.2. The molecule has 3 unspecified atom stereocenters. The number of aliphatic carboxylic acids is 1. The van der Waals surface area contributed by atoms with Gasteiger partial charge in [0.25, 0.3) is 0 Å². The molecule has 0 saturated heterocycles. The minimum Gasteiger partial charge on any atom is -0.481 e. The van der Waals surface area contributed by atoms with E-state index < -0.39 is 17.3 Å². The van der Waals surface area contributed by atoms with Gasteiger partial charge in [-0.05, 0) is 71.3 Å². The molecule has 0 aliphatic heterocycles. The molecule has 1 aromatic heterocycles. The molecule has 4 heteroatoms. The van der Waals surface area contributed by atoms with Gasteiger partial charge in [-0.2, -0.15) is 0 Å². The molecule has 1 heterocycles. The highest BCUT2D eigenvalue weighted by molar-refractivity contribution is 6.10. The lowest BCUT2D eigenvalue weighted by atomic mass is 9.54. The van der Waals surface area contributed by atoms with E-state index in [-0.39, 0.29) is 24.0 Å². The van der Waals surface area contributed by atoms with Gasteiger partial charge in [-0.1, -0.05) is 133 Å². The van der Waals surface area contributed by atoms with E-state index in [9.17, 15) is 9.90 Å². The van der Waals surface area contributed by atoms with Crippen LogP contribution in [0.1, 0.15) is 98.8 Å². The second-order valence-electron chi connectivity index (χ2n) is 14.5. The number of carboxylic acids is 1. The summed E-state index contributed by atoms with van der Waals surface area (Å²) in [5.41, 5.74) is 6.26. The molecule has 3 atom stereocenters. The quantitative estimate of drug-likeness (QED) is 0.141. The number of para-hydroxylation sites is 1. The van der Waals surface area contributed by atoms with Crippen LogP contribution >= 0.6 is 0 Å². The summed E-state index contributed by atoms with van der Waals surface area (Å²) in [6.07, 6.45) is 13.2. The van der Waals surface area contributed by atoms with E-state index in [1.54, 1.807) is 0 Å². The van der Waals surface area contributed by atoms with Crippen LogP contribution in [0.3, 0.4) is 0 Å². The number of rotatable bonds is 14. The molecule has 47 heavy (non-hydrogen) atoms. The molecule has 1 aliphatic carbocycles. The Balaban J connectivity index is 1.61. The van der Waals surface area contributed by atoms with Gasteiger partial charge in [-0.3, -0.25) is 9.59 Å². The SMILES string of the molecule is CC(C)Cc1ccc(C(C)C2(C(C)c3ccc(CC(C)C)cc3)C=CC=CC2C(=O)c2cn(CCCC(=O)O)c3ccccc23)cc1. The van der Waals surface area contributed by atoms with Gasteiger partial charge in [0.1, 0.15) is 0 Å². The van der Waals surface area contributed by atoms with Crippen molar-refractivity contribution in [3.05, 3.63) is 131 Å². The molecule has 0 spiro atoms. The number of hydrogen-bond donors (Lipinski definition) is 1. The smallest absolute Gasteiger partial charge is 0.303 e. The maximum atomic E-state index is 15.1. The van der Waals surface area contributed by atoms with Crippen molar-refractivity contribution in [3.8, 4) is 0 Å². The van der Waals surface area contributed by atoms with Crippen molar-refractivity contribution in [1.82, 2.24) is 4.57 Å². The fourth-order valence-corrected chi connectivity index (χ4v) is 7.79. The zero-order chi connectivity index (χ0) is 33.7. The van der Waals surface area contributed by atoms with Crippen LogP contribution in [-0.4, -0.2) is 21.4 Å². The second kappa shape index (κ2) is 14.7. The van der Waals surface area contributed by atoms with Gasteiger partial charge in [0.15, 0.2) is 5.78 Å². The Morgan fingerprint density at radius 3 is 1.85 bits per heavy atom. The lowest BCUT2D eigenvalue weighted by Gasteiger charge is -2.47. The standard InChI is InChI=1S/C43H51NO3/c1-29(2)26-33-16-20-35(21-17-33)31(5)43(32(6)36-22-18-34(19-23-36)27-30(3)4)24-10-9-13-39(43)42(47)38-28-44(25-11-15-41(45)46)40-14-8-7-12-37(38)40/h7-10,12-14,16-24,28-32,39H,11,15,25-27H2,1-6H3,(H,45,46). The Bertz CT molecular complexity index is 1680. The van der Waals surface area contributed by atoms with Gasteiger partial charge in [0.05, 0.1) is 5.92 Å². The molecule has 1 N–H and O–H groups in total. The first-order valence-corrected chi connectivity index (χ1v) is 17.4. The minimum absolute atomic E-state index is 0.0417. The van der Waals surface area contributed by atoms with E-state index in [2.05, 4.69) is 113 Å². The Morgan fingerprint density at radius 2 is 1.32 bits per heavy atom. The van der Waals surface area contributed by atoms with E-state index in [1.165, 1.54) is 22.3 Å². The molecule has 5 rings (SSSR count). The van der Waals surface area contributed by atoms with Crippen molar-refractivity contribution in [1.29, 1.82) is 0 Å². The van der Waals surface area contributed by atoms with Crippen LogP contribution in [0, 0.1) is 23.2 Å². The number of benzene rings is 3. The molecule has 0 amide bonds. The highest BCUT2D eigenvalue weighted by atomic mass is 16.4. The van der Waals surface area contributed by atoms with Crippen molar-refractivity contribution in [2.75, 3.05) is 0 Å². The molecule has 0 bridgehead atoms. The molecule has 0 radical (unpaired) electrons. The van der Waals surface area contributed by atoms with Crippen LogP contribution < -0.4 is 0 Å². The van der Waals surface area contributed by atoms with Crippen molar-refractivity contribution >= 4 is 22.7 Å². The molecule has 246 valence electrons. The number of hydrogen-bond acceptors (Lipinski definition) is 2. The maximum absolute atomic E-state index is 15.1. The summed E-state index contributed by atoms with van der Waals surface area (Å²) < 4.78 is 2.06. The Kier molecular flexibility index (Phi) is 10.7. The fourth-order valence-electron chi connectivity index (χ4n) is 7.79. The van der Waals surface area contributed by atoms with Crippen LogP contribution in [0.2, 0.25) is 0 Å². The Labute approximate surface area is 281 Å². The molecule has 4 aromatic rings. The van der Waals surface area contributed by atoms with Crippen LogP contribution in [0.15, 0.2) is 103 Å². The van der Waals surface area contributed by atoms with Crippen LogP contribution in [-0.2, 0) is 24.2 Å². The van der Waals surface area contributed by atoms with Gasteiger partial charge in [0.2, 0.25) is 0 Å². The maximum Gasteiger partial charge on any atom is 0.303 e. The van der Waals surface area contributed by atoms with Gasteiger partial charge in [0, 0.05) is 41.0 Å². The number of carboxylic acid groups (broad SMARTS) is 1. The normalized spacial score (nSPS) is 19.0. The first-order valence-electron chi connectivity index (χ1n) is 17.4. The topological polar surface area (TPSA) is 59.3 Å². The third-order valence-corrected chi connectivity index (χ3v) is 10.2. The van der Waals surface area contributed by atoms with Gasteiger partial charge in [-0.25, -0.2) is 0 Å². The number of Topliss-reactive ketones (excluding diaryl/α,β-unsaturated/α-hetero) is 1. The minimum atomic E-state index is -0.806. The molecular formula is C43H51NO3. The Morgan fingerprint density at radius 1 is 0.766 bits per heavy atom. The van der Waals surface area contributed by atoms with Crippen LogP contribution in [0.25, 0.3) is 10.9 Å². The predicted molar refractivity (Wildman–Crippen MR) is 194 cm³/mol. The monoisotopic (exact) mass is 629 g/mol. The largest absolute Gasteiger partial charge is 0.481 e. The second-order valence-corrected chi connectivity index (χ2v) is 14.5. The number of ketones is 1. The first-order chi connectivity index (χ1) is 22.5. The molecule has 0 saturated carbocycles. The molecule has 3 aromatic carbocycles.